The Morgan fingerprint density at radius 1 is 0.967 bits per heavy atom. The van der Waals surface area contributed by atoms with E-state index < -0.39 is 20.9 Å². The fourth-order valence-corrected chi connectivity index (χ4v) is 4.91. The highest BCUT2D eigenvalue weighted by Gasteiger charge is 2.40. The Hall–Kier alpha value is -3.19. The van der Waals surface area contributed by atoms with E-state index in [1.165, 1.54) is 17.0 Å². The third-order valence-corrected chi connectivity index (χ3v) is 7.15. The monoisotopic (exact) mass is 425 g/mol. The molecule has 0 saturated carbocycles. The summed E-state index contributed by atoms with van der Waals surface area (Å²) in [7, 11) is -3.60. The number of carbonyl (C=O) groups is 1. The number of benzene rings is 3. The van der Waals surface area contributed by atoms with Crippen molar-refractivity contribution in [3.63, 3.8) is 0 Å². The number of amides is 1. The highest BCUT2D eigenvalue weighted by Crippen LogP contribution is 2.26. The minimum atomic E-state index is -3.60. The maximum Gasteiger partial charge on any atom is 0.254 e. The smallest absolute Gasteiger partial charge is 0.254 e. The Morgan fingerprint density at radius 2 is 1.67 bits per heavy atom. The molecule has 1 fully saturated rings. The van der Waals surface area contributed by atoms with Gasteiger partial charge in [0.15, 0.2) is 9.84 Å². The molecule has 1 amide bonds. The zero-order chi connectivity index (χ0) is 21.1. The number of likely N-dealkylation sites (tertiary alicyclic amines) is 1. The first-order valence-electron chi connectivity index (χ1n) is 9.49. The molecule has 30 heavy (non-hydrogen) atoms. The lowest BCUT2D eigenvalue weighted by atomic mass is 10.1. The first-order valence-corrected chi connectivity index (χ1v) is 11.0. The lowest BCUT2D eigenvalue weighted by molar-refractivity contribution is 0.0658. The molecule has 0 aromatic heterocycles. The molecule has 0 N–H and O–H groups in total. The standard InChI is InChI=1S/C23H20FNO4S/c24-19-9-11-21(12-10-19)30(27,28)22-14-25(15-22)23(26)18-7-4-8-20(13-18)29-16-17-5-2-1-3-6-17/h1-13,22H,14-16H2. The summed E-state index contributed by atoms with van der Waals surface area (Å²) in [5, 5.41) is -0.690. The van der Waals surface area contributed by atoms with E-state index in [1.54, 1.807) is 24.3 Å². The molecule has 3 aromatic rings. The molecule has 0 atom stereocenters. The molecule has 0 unspecified atom stereocenters. The van der Waals surface area contributed by atoms with Crippen molar-refractivity contribution in [1.82, 2.24) is 4.90 Å². The second-order valence-corrected chi connectivity index (χ2v) is 9.36. The van der Waals surface area contributed by atoms with E-state index in [0.717, 1.165) is 17.7 Å². The minimum Gasteiger partial charge on any atom is -0.489 e. The summed E-state index contributed by atoms with van der Waals surface area (Å²) in [6.45, 7) is 0.599. The van der Waals surface area contributed by atoms with Crippen molar-refractivity contribution < 1.29 is 22.3 Å². The molecule has 0 spiro atoms. The normalized spacial score (nSPS) is 14.2. The zero-order valence-corrected chi connectivity index (χ0v) is 16.9. The number of halogens is 1. The molecule has 0 bridgehead atoms. The Morgan fingerprint density at radius 3 is 2.37 bits per heavy atom. The molecule has 4 rings (SSSR count). The van der Waals surface area contributed by atoms with E-state index in [-0.39, 0.29) is 23.9 Å². The van der Waals surface area contributed by atoms with Crippen LogP contribution in [0, 0.1) is 5.82 Å². The van der Waals surface area contributed by atoms with Gasteiger partial charge in [0.25, 0.3) is 5.91 Å². The van der Waals surface area contributed by atoms with Crippen molar-refractivity contribution in [1.29, 1.82) is 0 Å². The van der Waals surface area contributed by atoms with Crippen LogP contribution in [-0.2, 0) is 16.4 Å². The SMILES string of the molecule is O=C(c1cccc(OCc2ccccc2)c1)N1CC(S(=O)(=O)c2ccc(F)cc2)C1. The predicted octanol–water partition coefficient (Wildman–Crippen LogP) is 3.70. The molecule has 3 aromatic carbocycles. The summed E-state index contributed by atoms with van der Waals surface area (Å²) in [6, 6.07) is 21.3. The topological polar surface area (TPSA) is 63.7 Å². The van der Waals surface area contributed by atoms with Crippen molar-refractivity contribution in [2.75, 3.05) is 13.1 Å². The van der Waals surface area contributed by atoms with Gasteiger partial charge in [0.2, 0.25) is 0 Å². The number of carbonyl (C=O) groups excluding carboxylic acids is 1. The lowest BCUT2D eigenvalue weighted by Crippen LogP contribution is -2.56. The molecule has 7 heteroatoms. The second-order valence-electron chi connectivity index (χ2n) is 7.13. The number of hydrogen-bond acceptors (Lipinski definition) is 4. The van der Waals surface area contributed by atoms with Gasteiger partial charge in [-0.25, -0.2) is 12.8 Å². The van der Waals surface area contributed by atoms with Crippen LogP contribution in [0.5, 0.6) is 5.75 Å². The van der Waals surface area contributed by atoms with Crippen LogP contribution in [-0.4, -0.2) is 37.6 Å². The van der Waals surface area contributed by atoms with Gasteiger partial charge in [-0.3, -0.25) is 4.79 Å². The number of nitrogens with zero attached hydrogens (tertiary/aromatic N) is 1. The van der Waals surface area contributed by atoms with Gasteiger partial charge < -0.3 is 9.64 Å². The van der Waals surface area contributed by atoms with Crippen LogP contribution in [0.15, 0.2) is 83.8 Å². The fourth-order valence-electron chi connectivity index (χ4n) is 3.26. The first kappa shape index (κ1) is 20.1. The number of sulfone groups is 1. The minimum absolute atomic E-state index is 0.0670. The highest BCUT2D eigenvalue weighted by atomic mass is 32.2. The van der Waals surface area contributed by atoms with Gasteiger partial charge in [-0.1, -0.05) is 36.4 Å². The predicted molar refractivity (Wildman–Crippen MR) is 110 cm³/mol. The van der Waals surface area contributed by atoms with Crippen molar-refractivity contribution >= 4 is 15.7 Å². The average molecular weight is 425 g/mol. The summed E-state index contributed by atoms with van der Waals surface area (Å²) < 4.78 is 44.1. The van der Waals surface area contributed by atoms with E-state index in [1.807, 2.05) is 30.3 Å². The van der Waals surface area contributed by atoms with Crippen LogP contribution in [0.2, 0.25) is 0 Å². The van der Waals surface area contributed by atoms with Gasteiger partial charge in [0, 0.05) is 18.7 Å². The Labute approximate surface area is 174 Å². The van der Waals surface area contributed by atoms with Crippen LogP contribution < -0.4 is 4.74 Å². The Kier molecular flexibility index (Phi) is 5.55. The van der Waals surface area contributed by atoms with Gasteiger partial charge in [0.05, 0.1) is 4.90 Å². The summed E-state index contributed by atoms with van der Waals surface area (Å²) in [5.74, 6) is -0.167. The third-order valence-electron chi connectivity index (χ3n) is 5.05. The average Bonchev–Trinajstić information content (AvgIpc) is 2.72. The van der Waals surface area contributed by atoms with Gasteiger partial charge in [0.1, 0.15) is 23.4 Å². The largest absolute Gasteiger partial charge is 0.489 e. The van der Waals surface area contributed by atoms with E-state index in [0.29, 0.717) is 17.9 Å². The summed E-state index contributed by atoms with van der Waals surface area (Å²) in [4.78, 5) is 14.3. The van der Waals surface area contributed by atoms with Gasteiger partial charge in [-0.15, -0.1) is 0 Å². The summed E-state index contributed by atoms with van der Waals surface area (Å²) in [6.07, 6.45) is 0. The number of rotatable bonds is 6. The number of hydrogen-bond donors (Lipinski definition) is 0. The van der Waals surface area contributed by atoms with E-state index in [4.69, 9.17) is 4.74 Å². The van der Waals surface area contributed by atoms with Crippen LogP contribution in [0.1, 0.15) is 15.9 Å². The second kappa shape index (κ2) is 8.28. The van der Waals surface area contributed by atoms with E-state index >= 15 is 0 Å². The molecule has 1 aliphatic rings. The molecule has 0 radical (unpaired) electrons. The lowest BCUT2D eigenvalue weighted by Gasteiger charge is -2.38. The molecule has 154 valence electrons. The summed E-state index contributed by atoms with van der Waals surface area (Å²) in [5.41, 5.74) is 1.46. The van der Waals surface area contributed by atoms with Crippen molar-refractivity contribution in [3.05, 3.63) is 95.8 Å². The van der Waals surface area contributed by atoms with E-state index in [2.05, 4.69) is 0 Å². The van der Waals surface area contributed by atoms with Gasteiger partial charge >= 0.3 is 0 Å². The Bertz CT molecular complexity index is 1140. The molecular formula is C23H20FNO4S. The van der Waals surface area contributed by atoms with Crippen LogP contribution in [0.25, 0.3) is 0 Å². The zero-order valence-electron chi connectivity index (χ0n) is 16.1. The van der Waals surface area contributed by atoms with Crippen molar-refractivity contribution in [2.24, 2.45) is 0 Å². The van der Waals surface area contributed by atoms with Gasteiger partial charge in [-0.2, -0.15) is 0 Å². The molecule has 1 saturated heterocycles. The maximum absolute atomic E-state index is 13.1. The van der Waals surface area contributed by atoms with Gasteiger partial charge in [-0.05, 0) is 48.0 Å². The highest BCUT2D eigenvalue weighted by molar-refractivity contribution is 7.92. The van der Waals surface area contributed by atoms with E-state index in [9.17, 15) is 17.6 Å². The van der Waals surface area contributed by atoms with Crippen molar-refractivity contribution in [3.8, 4) is 5.75 Å². The Balaban J connectivity index is 1.38. The first-order chi connectivity index (χ1) is 14.4. The molecule has 1 aliphatic heterocycles. The van der Waals surface area contributed by atoms with Crippen LogP contribution in [0.3, 0.4) is 0 Å². The summed E-state index contributed by atoms with van der Waals surface area (Å²) >= 11 is 0. The van der Waals surface area contributed by atoms with Crippen LogP contribution >= 0.6 is 0 Å². The molecular weight excluding hydrogens is 405 g/mol. The van der Waals surface area contributed by atoms with Crippen molar-refractivity contribution in [2.45, 2.75) is 16.8 Å². The number of ether oxygens (including phenoxy) is 1. The molecule has 0 aliphatic carbocycles. The van der Waals surface area contributed by atoms with Crippen LogP contribution in [0.4, 0.5) is 4.39 Å². The fraction of sp³-hybridized carbons (Fsp3) is 0.174. The third kappa shape index (κ3) is 4.21. The quantitative estimate of drug-likeness (QED) is 0.565. The molecule has 5 nitrogen and oxygen atoms in total. The maximum atomic E-state index is 13.1. The molecule has 1 heterocycles.